The van der Waals surface area contributed by atoms with Crippen molar-refractivity contribution in [2.45, 2.75) is 31.4 Å². The van der Waals surface area contributed by atoms with Crippen molar-refractivity contribution in [1.29, 1.82) is 0 Å². The molecular weight excluding hydrogens is 436 g/mol. The molecule has 1 fully saturated rings. The van der Waals surface area contributed by atoms with Gasteiger partial charge < -0.3 is 19.8 Å². The van der Waals surface area contributed by atoms with Gasteiger partial charge in [-0.25, -0.2) is 4.68 Å². The van der Waals surface area contributed by atoms with Gasteiger partial charge in [0.25, 0.3) is 6.47 Å². The van der Waals surface area contributed by atoms with E-state index in [1.54, 1.807) is 17.4 Å². The molecule has 5 heterocycles. The molecule has 1 saturated heterocycles. The summed E-state index contributed by atoms with van der Waals surface area (Å²) >= 11 is 1.71. The maximum Gasteiger partial charge on any atom is 0.290 e. The largest absolute Gasteiger partial charge is 0.506 e. The van der Waals surface area contributed by atoms with Gasteiger partial charge in [0.05, 0.1) is 23.4 Å². The molecule has 0 aromatic carbocycles. The lowest BCUT2D eigenvalue weighted by Crippen LogP contribution is -2.48. The van der Waals surface area contributed by atoms with Gasteiger partial charge in [0.15, 0.2) is 0 Å². The number of amides is 1. The number of carbonyl (C=O) groups is 2. The van der Waals surface area contributed by atoms with Crippen LogP contribution in [0.5, 0.6) is 5.75 Å². The van der Waals surface area contributed by atoms with Crippen LogP contribution in [0.15, 0.2) is 30.7 Å². The number of aromatic nitrogens is 5. The van der Waals surface area contributed by atoms with Crippen molar-refractivity contribution < 1.29 is 24.5 Å². The highest BCUT2D eigenvalue weighted by molar-refractivity contribution is 7.15. The van der Waals surface area contributed by atoms with Crippen molar-refractivity contribution in [3.05, 3.63) is 41.2 Å². The molecule has 0 aliphatic carbocycles. The van der Waals surface area contributed by atoms with Crippen LogP contribution in [0, 0.1) is 0 Å². The highest BCUT2D eigenvalue weighted by atomic mass is 32.1. The lowest BCUT2D eigenvalue weighted by atomic mass is 9.85. The van der Waals surface area contributed by atoms with Gasteiger partial charge in [-0.05, 0) is 53.5 Å². The molecule has 0 unspecified atom stereocenters. The fourth-order valence-electron chi connectivity index (χ4n) is 4.06. The molecule has 168 valence electrons. The zero-order valence-electron chi connectivity index (χ0n) is 17.1. The van der Waals surface area contributed by atoms with Crippen molar-refractivity contribution in [2.24, 2.45) is 0 Å². The summed E-state index contributed by atoms with van der Waals surface area (Å²) in [6.07, 6.45) is 5.33. The maximum absolute atomic E-state index is 12.5. The lowest BCUT2D eigenvalue weighted by Gasteiger charge is -2.43. The minimum absolute atomic E-state index is 0.0170. The number of pyridine rings is 1. The smallest absolute Gasteiger partial charge is 0.290 e. The van der Waals surface area contributed by atoms with Crippen LogP contribution < -0.4 is 0 Å². The van der Waals surface area contributed by atoms with Crippen molar-refractivity contribution in [3.63, 3.8) is 0 Å². The van der Waals surface area contributed by atoms with Gasteiger partial charge in [0.1, 0.15) is 24.2 Å². The Balaban J connectivity index is 0.000000775. The molecule has 2 aliphatic rings. The molecule has 12 heteroatoms. The van der Waals surface area contributed by atoms with Crippen molar-refractivity contribution in [1.82, 2.24) is 30.1 Å². The lowest BCUT2D eigenvalue weighted by molar-refractivity contribution is -0.141. The molecule has 0 radical (unpaired) electrons. The molecule has 2 aliphatic heterocycles. The molecular formula is C20H22N6O5S. The minimum atomic E-state index is -0.334. The molecule has 0 bridgehead atoms. The summed E-state index contributed by atoms with van der Waals surface area (Å²) in [5.74, 6) is 0.178. The summed E-state index contributed by atoms with van der Waals surface area (Å²) in [5, 5.41) is 27.3. The van der Waals surface area contributed by atoms with Gasteiger partial charge in [-0.1, -0.05) is 0 Å². The Kier molecular flexibility index (Phi) is 6.42. The highest BCUT2D eigenvalue weighted by Gasteiger charge is 2.43. The fourth-order valence-corrected chi connectivity index (χ4v) is 5.45. The quantitative estimate of drug-likeness (QED) is 0.555. The molecule has 0 atom stereocenters. The second-order valence-electron chi connectivity index (χ2n) is 7.45. The summed E-state index contributed by atoms with van der Waals surface area (Å²) in [7, 11) is 0. The topological polar surface area (TPSA) is 144 Å². The maximum atomic E-state index is 12.5. The molecule has 3 aromatic heterocycles. The molecule has 11 nitrogen and oxygen atoms in total. The summed E-state index contributed by atoms with van der Waals surface area (Å²) in [6, 6.07) is 5.68. The second-order valence-corrected chi connectivity index (χ2v) is 8.51. The predicted octanol–water partition coefficient (Wildman–Crippen LogP) is 1.29. The highest BCUT2D eigenvalue weighted by Crippen LogP contribution is 2.47. The molecule has 1 amide bonds. The number of carbonyl (C=O) groups excluding carboxylic acids is 1. The fraction of sp³-hybridized carbons (Fsp3) is 0.400. The first-order valence-electron chi connectivity index (χ1n) is 10.0. The molecule has 0 saturated carbocycles. The molecule has 2 N–H and O–H groups in total. The Morgan fingerprint density at radius 2 is 2.09 bits per heavy atom. The van der Waals surface area contributed by atoms with Crippen LogP contribution in [0.4, 0.5) is 0 Å². The summed E-state index contributed by atoms with van der Waals surface area (Å²) in [6.45, 7) is 1.88. The minimum Gasteiger partial charge on any atom is -0.506 e. The molecule has 3 aromatic rings. The number of tetrazole rings is 1. The van der Waals surface area contributed by atoms with E-state index in [1.165, 1.54) is 27.6 Å². The van der Waals surface area contributed by atoms with Gasteiger partial charge in [0, 0.05) is 18.0 Å². The molecule has 1 spiro atoms. The number of thiophene rings is 1. The number of aromatic hydroxyl groups is 1. The zero-order chi connectivity index (χ0) is 22.6. The number of hydrogen-bond acceptors (Lipinski definition) is 9. The van der Waals surface area contributed by atoms with Gasteiger partial charge in [-0.3, -0.25) is 14.6 Å². The van der Waals surface area contributed by atoms with Crippen molar-refractivity contribution in [2.75, 3.05) is 19.7 Å². The number of likely N-dealkylation sites (tertiary alicyclic amines) is 1. The van der Waals surface area contributed by atoms with E-state index >= 15 is 0 Å². The molecule has 32 heavy (non-hydrogen) atoms. The van der Waals surface area contributed by atoms with Crippen LogP contribution in [0.2, 0.25) is 0 Å². The third kappa shape index (κ3) is 4.46. The van der Waals surface area contributed by atoms with Crippen LogP contribution in [-0.4, -0.2) is 72.4 Å². The summed E-state index contributed by atoms with van der Waals surface area (Å²) in [5.41, 5.74) is 1.82. The van der Waals surface area contributed by atoms with Gasteiger partial charge in [-0.15, -0.1) is 16.4 Å². The predicted molar refractivity (Wildman–Crippen MR) is 113 cm³/mol. The average molecular weight is 459 g/mol. The first-order chi connectivity index (χ1) is 15.5. The number of nitrogens with zero attached hydrogens (tertiary/aromatic N) is 6. The number of fused-ring (bicyclic) bond motifs is 2. The van der Waals surface area contributed by atoms with E-state index in [0.29, 0.717) is 19.7 Å². The SMILES string of the molecule is O=C(Cn1cnnn1)N1CCC2(CC1)OCCc1cc(-c3ccc(O)cn3)sc12.O=CO. The van der Waals surface area contributed by atoms with Crippen molar-refractivity contribution in [3.8, 4) is 16.3 Å². The van der Waals surface area contributed by atoms with E-state index in [2.05, 4.69) is 26.6 Å². The van der Waals surface area contributed by atoms with E-state index < -0.39 is 0 Å². The molecule has 5 rings (SSSR count). The standard InChI is InChI=1S/C19H20N6O3S.CH2O2/c26-14-1-2-15(20-10-14)16-9-13-3-8-28-19(18(13)29-16)4-6-24(7-5-19)17(27)11-25-12-21-22-23-25;2-1-3/h1-2,9-10,12,26H,3-8,11H2;1H,(H,2,3). The number of ether oxygens (including phenoxy) is 1. The Morgan fingerprint density at radius 3 is 2.75 bits per heavy atom. The number of rotatable bonds is 3. The number of piperidine rings is 1. The Labute approximate surface area is 187 Å². The van der Waals surface area contributed by atoms with Gasteiger partial charge >= 0.3 is 0 Å². The third-order valence-electron chi connectivity index (χ3n) is 5.59. The van der Waals surface area contributed by atoms with Crippen LogP contribution in [-0.2, 0) is 32.9 Å². The van der Waals surface area contributed by atoms with E-state index in [0.717, 1.165) is 29.8 Å². The van der Waals surface area contributed by atoms with Crippen LogP contribution in [0.25, 0.3) is 10.6 Å². The summed E-state index contributed by atoms with van der Waals surface area (Å²) < 4.78 is 7.75. The monoisotopic (exact) mass is 458 g/mol. The van der Waals surface area contributed by atoms with E-state index in [9.17, 15) is 9.90 Å². The first-order valence-corrected chi connectivity index (χ1v) is 10.9. The van der Waals surface area contributed by atoms with E-state index in [-0.39, 0.29) is 30.3 Å². The van der Waals surface area contributed by atoms with Crippen LogP contribution >= 0.6 is 11.3 Å². The third-order valence-corrected chi connectivity index (χ3v) is 6.97. The summed E-state index contributed by atoms with van der Waals surface area (Å²) in [4.78, 5) is 29.4. The second kappa shape index (κ2) is 9.40. The van der Waals surface area contributed by atoms with Crippen LogP contribution in [0.1, 0.15) is 23.3 Å². The first kappa shape index (κ1) is 21.8. The average Bonchev–Trinajstić information content (AvgIpc) is 3.46. The Bertz CT molecular complexity index is 1060. The van der Waals surface area contributed by atoms with E-state index in [1.807, 2.05) is 11.0 Å². The van der Waals surface area contributed by atoms with E-state index in [4.69, 9.17) is 14.6 Å². The van der Waals surface area contributed by atoms with Crippen LogP contribution in [0.3, 0.4) is 0 Å². The Hall–Kier alpha value is -3.38. The number of hydrogen-bond donors (Lipinski definition) is 2. The van der Waals surface area contributed by atoms with Gasteiger partial charge in [-0.2, -0.15) is 0 Å². The normalized spacial score (nSPS) is 16.7. The van der Waals surface area contributed by atoms with Crippen molar-refractivity contribution >= 4 is 23.7 Å². The van der Waals surface area contributed by atoms with Gasteiger partial charge in [0.2, 0.25) is 5.91 Å². The Morgan fingerprint density at radius 1 is 1.31 bits per heavy atom. The number of carboxylic acid groups (broad SMARTS) is 1. The zero-order valence-corrected chi connectivity index (χ0v) is 17.9.